The molecule has 164 valence electrons. The van der Waals surface area contributed by atoms with Crippen LogP contribution in [0.15, 0.2) is 42.6 Å². The molecule has 0 aliphatic carbocycles. The van der Waals surface area contributed by atoms with Crippen molar-refractivity contribution in [3.8, 4) is 11.5 Å². The van der Waals surface area contributed by atoms with Crippen LogP contribution < -0.4 is 10.1 Å². The molecule has 2 heterocycles. The third-order valence-corrected chi connectivity index (χ3v) is 5.16. The molecule has 3 aromatic rings. The molecule has 32 heavy (non-hydrogen) atoms. The average molecular weight is 437 g/mol. The van der Waals surface area contributed by atoms with Gasteiger partial charge in [0.1, 0.15) is 22.5 Å². The number of aromatic hydroxyl groups is 1. The van der Waals surface area contributed by atoms with Gasteiger partial charge in [-0.25, -0.2) is 9.18 Å². The first-order valence-corrected chi connectivity index (χ1v) is 10.1. The summed E-state index contributed by atoms with van der Waals surface area (Å²) < 4.78 is 18.7. The van der Waals surface area contributed by atoms with Crippen LogP contribution in [-0.4, -0.2) is 39.4 Å². The molecule has 1 aromatic heterocycles. The first-order valence-electron chi connectivity index (χ1n) is 10.1. The molecule has 1 aliphatic rings. The van der Waals surface area contributed by atoms with Gasteiger partial charge in [0.05, 0.1) is 6.54 Å². The maximum atomic E-state index is 13.2. The largest absolute Gasteiger partial charge is 0.505 e. The fourth-order valence-electron chi connectivity index (χ4n) is 3.55. The summed E-state index contributed by atoms with van der Waals surface area (Å²) in [6.07, 6.45) is 2.24. The lowest BCUT2D eigenvalue weighted by atomic mass is 10.0. The van der Waals surface area contributed by atoms with E-state index >= 15 is 0 Å². The van der Waals surface area contributed by atoms with Gasteiger partial charge in [-0.15, -0.1) is 0 Å². The van der Waals surface area contributed by atoms with E-state index in [1.165, 1.54) is 36.5 Å². The van der Waals surface area contributed by atoms with Gasteiger partial charge in [0, 0.05) is 18.1 Å². The second-order valence-corrected chi connectivity index (χ2v) is 7.32. The molecule has 0 saturated carbocycles. The van der Waals surface area contributed by atoms with E-state index in [1.54, 1.807) is 6.07 Å². The van der Waals surface area contributed by atoms with Crippen LogP contribution in [-0.2, 0) is 6.54 Å². The average Bonchev–Trinajstić information content (AvgIpc) is 3.03. The van der Waals surface area contributed by atoms with Gasteiger partial charge >= 0.3 is 6.09 Å². The summed E-state index contributed by atoms with van der Waals surface area (Å²) in [6.45, 7) is 2.21. The Labute approximate surface area is 182 Å². The predicted octanol–water partition coefficient (Wildman–Crippen LogP) is 3.76. The van der Waals surface area contributed by atoms with Crippen LogP contribution >= 0.6 is 0 Å². The molecular formula is C23H20FN3O5. The third kappa shape index (κ3) is 3.73. The van der Waals surface area contributed by atoms with Gasteiger partial charge < -0.3 is 15.2 Å². The van der Waals surface area contributed by atoms with Crippen molar-refractivity contribution in [3.63, 3.8) is 0 Å². The van der Waals surface area contributed by atoms with E-state index in [-0.39, 0.29) is 34.3 Å². The van der Waals surface area contributed by atoms with Crippen molar-refractivity contribution in [2.75, 3.05) is 6.54 Å². The molecule has 0 fully saturated rings. The lowest BCUT2D eigenvalue weighted by Crippen LogP contribution is -2.30. The summed E-state index contributed by atoms with van der Waals surface area (Å²) in [5.74, 6) is -2.54. The number of rotatable bonds is 6. The molecule has 0 radical (unpaired) electrons. The van der Waals surface area contributed by atoms with Gasteiger partial charge in [0.2, 0.25) is 0 Å². The van der Waals surface area contributed by atoms with E-state index in [0.717, 1.165) is 17.7 Å². The minimum Gasteiger partial charge on any atom is -0.505 e. The van der Waals surface area contributed by atoms with E-state index in [9.17, 15) is 23.9 Å². The van der Waals surface area contributed by atoms with Crippen LogP contribution in [0.1, 0.15) is 46.0 Å². The normalized spacial score (nSPS) is 12.9. The Morgan fingerprint density at radius 1 is 1.16 bits per heavy atom. The van der Waals surface area contributed by atoms with E-state index in [1.807, 2.05) is 6.92 Å². The number of hydrogen-bond acceptors (Lipinski definition) is 6. The highest BCUT2D eigenvalue weighted by Crippen LogP contribution is 2.44. The standard InChI is InChI=1S/C23H20FN3O5/c1-2-3-10-26-23(31)32-20-15-5-4-11-25-18(15)19(28)16-17(20)22(30)27(21(16)29)12-13-6-8-14(24)9-7-13/h4-9,11,28H,2-3,10,12H2,1H3,(H,26,31). The number of phenols is 1. The smallest absolute Gasteiger partial charge is 0.412 e. The number of nitrogens with one attached hydrogen (secondary N) is 1. The Kier molecular flexibility index (Phi) is 5.72. The Balaban J connectivity index is 1.77. The number of halogens is 1. The molecule has 3 amide bonds. The number of carbonyl (C=O) groups excluding carboxylic acids is 3. The quantitative estimate of drug-likeness (QED) is 0.449. The van der Waals surface area contributed by atoms with Crippen LogP contribution in [0, 0.1) is 5.82 Å². The Morgan fingerprint density at radius 3 is 2.59 bits per heavy atom. The number of aromatic nitrogens is 1. The molecule has 2 N–H and O–H groups in total. The molecular weight excluding hydrogens is 417 g/mol. The summed E-state index contributed by atoms with van der Waals surface area (Å²) >= 11 is 0. The fraction of sp³-hybridized carbons (Fsp3) is 0.217. The second-order valence-electron chi connectivity index (χ2n) is 7.32. The number of unbranched alkanes of at least 4 members (excludes halogenated alkanes) is 1. The highest BCUT2D eigenvalue weighted by atomic mass is 19.1. The molecule has 0 bridgehead atoms. The molecule has 9 heteroatoms. The number of benzene rings is 2. The molecule has 1 aliphatic heterocycles. The summed E-state index contributed by atoms with van der Waals surface area (Å²) in [6, 6.07) is 8.45. The van der Waals surface area contributed by atoms with E-state index in [2.05, 4.69) is 10.3 Å². The summed E-state index contributed by atoms with van der Waals surface area (Å²) in [7, 11) is 0. The Morgan fingerprint density at radius 2 is 1.88 bits per heavy atom. The number of imide groups is 1. The highest BCUT2D eigenvalue weighted by Gasteiger charge is 2.43. The zero-order valence-electron chi connectivity index (χ0n) is 17.2. The zero-order chi connectivity index (χ0) is 22.8. The number of carbonyl (C=O) groups is 3. The number of ether oxygens (including phenoxy) is 1. The minimum atomic E-state index is -0.784. The van der Waals surface area contributed by atoms with Crippen LogP contribution in [0.3, 0.4) is 0 Å². The zero-order valence-corrected chi connectivity index (χ0v) is 17.2. The van der Waals surface area contributed by atoms with Gasteiger partial charge in [0.25, 0.3) is 11.8 Å². The third-order valence-electron chi connectivity index (χ3n) is 5.16. The number of fused-ring (bicyclic) bond motifs is 2. The maximum Gasteiger partial charge on any atom is 0.412 e. The summed E-state index contributed by atoms with van der Waals surface area (Å²) in [5, 5.41) is 13.6. The van der Waals surface area contributed by atoms with Crippen molar-refractivity contribution in [1.82, 2.24) is 15.2 Å². The number of hydrogen-bond donors (Lipinski definition) is 2. The topological polar surface area (TPSA) is 109 Å². The molecule has 8 nitrogen and oxygen atoms in total. The first-order chi connectivity index (χ1) is 15.4. The maximum absolute atomic E-state index is 13.2. The molecule has 0 spiro atoms. The SMILES string of the molecule is CCCCNC(=O)Oc1c2c(c(O)c3ncccc13)C(=O)N(Cc1ccc(F)cc1)C2=O. The lowest BCUT2D eigenvalue weighted by Gasteiger charge is -2.14. The summed E-state index contributed by atoms with van der Waals surface area (Å²) in [4.78, 5) is 43.7. The first kappa shape index (κ1) is 21.2. The fourth-order valence-corrected chi connectivity index (χ4v) is 3.55. The predicted molar refractivity (Wildman–Crippen MR) is 113 cm³/mol. The monoisotopic (exact) mass is 437 g/mol. The highest BCUT2D eigenvalue weighted by molar-refractivity contribution is 6.27. The molecule has 0 unspecified atom stereocenters. The van der Waals surface area contributed by atoms with E-state index < -0.39 is 29.5 Å². The van der Waals surface area contributed by atoms with Crippen molar-refractivity contribution in [1.29, 1.82) is 0 Å². The van der Waals surface area contributed by atoms with Gasteiger partial charge in [-0.2, -0.15) is 0 Å². The summed E-state index contributed by atoms with van der Waals surface area (Å²) in [5.41, 5.74) is 0.0654. The molecule has 4 rings (SSSR count). The van der Waals surface area contributed by atoms with Gasteiger partial charge in [0.15, 0.2) is 11.5 Å². The van der Waals surface area contributed by atoms with Crippen molar-refractivity contribution in [2.45, 2.75) is 26.3 Å². The van der Waals surface area contributed by atoms with Crippen LogP contribution in [0.2, 0.25) is 0 Å². The molecule has 0 saturated heterocycles. The molecule has 2 aromatic carbocycles. The van der Waals surface area contributed by atoms with Crippen molar-refractivity contribution >= 4 is 28.8 Å². The number of phenolic OH excluding ortho intramolecular Hbond substituents is 1. The molecule has 0 atom stereocenters. The Hall–Kier alpha value is -4.01. The number of amides is 3. The van der Waals surface area contributed by atoms with E-state index in [4.69, 9.17) is 4.74 Å². The van der Waals surface area contributed by atoms with Crippen molar-refractivity contribution < 1.29 is 28.6 Å². The lowest BCUT2D eigenvalue weighted by molar-refractivity contribution is 0.0641. The number of pyridine rings is 1. The van der Waals surface area contributed by atoms with E-state index in [0.29, 0.717) is 12.1 Å². The van der Waals surface area contributed by atoms with Crippen molar-refractivity contribution in [3.05, 3.63) is 65.1 Å². The minimum absolute atomic E-state index is 0.0346. The van der Waals surface area contributed by atoms with Crippen LogP contribution in [0.4, 0.5) is 9.18 Å². The van der Waals surface area contributed by atoms with Crippen molar-refractivity contribution in [2.24, 2.45) is 0 Å². The van der Waals surface area contributed by atoms with Crippen LogP contribution in [0.25, 0.3) is 10.9 Å². The van der Waals surface area contributed by atoms with Gasteiger partial charge in [-0.3, -0.25) is 19.5 Å². The number of nitrogens with zero attached hydrogens (tertiary/aromatic N) is 2. The van der Waals surface area contributed by atoms with Gasteiger partial charge in [-0.05, 0) is 36.2 Å². The van der Waals surface area contributed by atoms with Crippen LogP contribution in [0.5, 0.6) is 11.5 Å². The second kappa shape index (κ2) is 8.62. The Bertz CT molecular complexity index is 1230. The van der Waals surface area contributed by atoms with Gasteiger partial charge in [-0.1, -0.05) is 25.5 Å².